The van der Waals surface area contributed by atoms with Crippen LogP contribution in [0.5, 0.6) is 0 Å². The number of likely N-dealkylation sites (tertiary alicyclic amines) is 1. The second-order valence-corrected chi connectivity index (χ2v) is 14.6. The van der Waals surface area contributed by atoms with Gasteiger partial charge in [0, 0.05) is 51.6 Å². The monoisotopic (exact) mass is 788 g/mol. The lowest BCUT2D eigenvalue weighted by Gasteiger charge is -2.27. The van der Waals surface area contributed by atoms with Crippen LogP contribution in [-0.4, -0.2) is 98.6 Å². The molecule has 2 fully saturated rings. The number of carbonyl (C=O) groups is 2. The number of hydrogen-bond donors (Lipinski definition) is 3. The number of nitrogens with zero attached hydrogens (tertiary/aromatic N) is 6. The minimum absolute atomic E-state index is 0.00842. The van der Waals surface area contributed by atoms with Crippen LogP contribution in [0.2, 0.25) is 0 Å². The van der Waals surface area contributed by atoms with E-state index in [0.29, 0.717) is 18.3 Å². The number of aliphatic hydroxyl groups excluding tert-OH is 1. The minimum Gasteiger partial charge on any atom is -0.451 e. The SMILES string of the molecule is CCC(=O)N[C@H]1C[C@@H](n2cnc3c(NCC(c4ccccc4)c4ccc(F)cc4)nc(N(C)[C@H]4CCN(Cc5ccccc5)C4)nc32)[C@H](OC(=O)C(F)(F)F)[C@@H]1O. The van der Waals surface area contributed by atoms with Gasteiger partial charge in [-0.15, -0.1) is 0 Å². The molecule has 0 radical (unpaired) electrons. The fourth-order valence-electron chi connectivity index (χ4n) is 7.77. The number of carbonyl (C=O) groups excluding carboxylic acids is 2. The number of likely N-dealkylation sites (N-methyl/N-ethyl adjacent to an activating group) is 1. The van der Waals surface area contributed by atoms with Crippen molar-refractivity contribution in [2.45, 2.75) is 75.2 Å². The van der Waals surface area contributed by atoms with E-state index in [-0.39, 0.29) is 41.8 Å². The Morgan fingerprint density at radius 2 is 1.68 bits per heavy atom. The maximum atomic E-state index is 14.0. The van der Waals surface area contributed by atoms with Gasteiger partial charge in [0.25, 0.3) is 0 Å². The third-order valence-corrected chi connectivity index (χ3v) is 10.8. The van der Waals surface area contributed by atoms with E-state index < -0.39 is 42.3 Å². The summed E-state index contributed by atoms with van der Waals surface area (Å²) < 4.78 is 61.0. The molecule has 7 rings (SSSR count). The normalized spacial score (nSPS) is 21.7. The lowest BCUT2D eigenvalue weighted by molar-refractivity contribution is -0.209. The number of aliphatic hydroxyl groups is 1. The van der Waals surface area contributed by atoms with Crippen molar-refractivity contribution in [3.8, 4) is 0 Å². The molecule has 1 saturated carbocycles. The van der Waals surface area contributed by atoms with Gasteiger partial charge in [0.15, 0.2) is 23.1 Å². The summed E-state index contributed by atoms with van der Waals surface area (Å²) >= 11 is 0. The maximum absolute atomic E-state index is 14.0. The summed E-state index contributed by atoms with van der Waals surface area (Å²) in [6.07, 6.45) is -6.51. The van der Waals surface area contributed by atoms with Gasteiger partial charge in [0.1, 0.15) is 11.9 Å². The molecule has 2 aliphatic rings. The quantitative estimate of drug-likeness (QED) is 0.102. The van der Waals surface area contributed by atoms with Crippen LogP contribution in [0.1, 0.15) is 54.8 Å². The van der Waals surface area contributed by atoms with Gasteiger partial charge in [0.2, 0.25) is 11.9 Å². The fraction of sp³-hybridized carbons (Fsp3) is 0.390. The van der Waals surface area contributed by atoms with E-state index in [9.17, 15) is 32.3 Å². The highest BCUT2D eigenvalue weighted by Crippen LogP contribution is 2.38. The highest BCUT2D eigenvalue weighted by atomic mass is 19.4. The van der Waals surface area contributed by atoms with Crippen molar-refractivity contribution in [3.05, 3.63) is 114 Å². The van der Waals surface area contributed by atoms with E-state index in [2.05, 4.69) is 32.7 Å². The second kappa shape index (κ2) is 16.9. The van der Waals surface area contributed by atoms with E-state index in [0.717, 1.165) is 37.2 Å². The molecule has 1 aliphatic heterocycles. The van der Waals surface area contributed by atoms with Crippen LogP contribution in [0, 0.1) is 5.82 Å². The molecule has 3 heterocycles. The highest BCUT2D eigenvalue weighted by Gasteiger charge is 2.51. The molecule has 300 valence electrons. The summed E-state index contributed by atoms with van der Waals surface area (Å²) in [6.45, 7) is 4.23. The van der Waals surface area contributed by atoms with Gasteiger partial charge < -0.3 is 29.9 Å². The van der Waals surface area contributed by atoms with Crippen molar-refractivity contribution in [1.82, 2.24) is 29.7 Å². The van der Waals surface area contributed by atoms with Gasteiger partial charge in [0.05, 0.1) is 18.4 Å². The van der Waals surface area contributed by atoms with Crippen LogP contribution in [-0.2, 0) is 20.9 Å². The molecule has 3 N–H and O–H groups in total. The molecule has 1 amide bonds. The molecular formula is C41H44F4N8O4. The van der Waals surface area contributed by atoms with Crippen molar-refractivity contribution in [2.24, 2.45) is 0 Å². The maximum Gasteiger partial charge on any atom is 0.490 e. The number of benzene rings is 3. The van der Waals surface area contributed by atoms with Crippen molar-refractivity contribution in [3.63, 3.8) is 0 Å². The molecule has 0 bridgehead atoms. The number of hydrogen-bond acceptors (Lipinski definition) is 10. The first-order valence-corrected chi connectivity index (χ1v) is 18.9. The Labute approximate surface area is 326 Å². The average Bonchev–Trinajstić information content (AvgIpc) is 3.93. The largest absolute Gasteiger partial charge is 0.490 e. The highest BCUT2D eigenvalue weighted by molar-refractivity contribution is 5.85. The van der Waals surface area contributed by atoms with Gasteiger partial charge >= 0.3 is 12.1 Å². The Hall–Kier alpha value is -5.61. The van der Waals surface area contributed by atoms with Crippen molar-refractivity contribution in [1.29, 1.82) is 0 Å². The van der Waals surface area contributed by atoms with Crippen molar-refractivity contribution in [2.75, 3.05) is 36.9 Å². The number of esters is 1. The first-order valence-electron chi connectivity index (χ1n) is 18.9. The van der Waals surface area contributed by atoms with Gasteiger partial charge in [-0.2, -0.15) is 23.1 Å². The van der Waals surface area contributed by atoms with Crippen LogP contribution >= 0.6 is 0 Å². The van der Waals surface area contributed by atoms with Crippen LogP contribution < -0.4 is 15.5 Å². The molecule has 2 aromatic heterocycles. The summed E-state index contributed by atoms with van der Waals surface area (Å²) in [5.74, 6) is -2.86. The third-order valence-electron chi connectivity index (χ3n) is 10.8. The molecule has 12 nitrogen and oxygen atoms in total. The Morgan fingerprint density at radius 3 is 2.37 bits per heavy atom. The minimum atomic E-state index is -5.32. The Morgan fingerprint density at radius 1 is 1.00 bits per heavy atom. The number of nitrogens with one attached hydrogen (secondary N) is 2. The number of halogens is 4. The predicted molar refractivity (Wildman–Crippen MR) is 205 cm³/mol. The summed E-state index contributed by atoms with van der Waals surface area (Å²) in [7, 11) is 1.89. The molecule has 3 aromatic carbocycles. The van der Waals surface area contributed by atoms with E-state index >= 15 is 0 Å². The Bertz CT molecular complexity index is 2160. The fourth-order valence-corrected chi connectivity index (χ4v) is 7.77. The Kier molecular flexibility index (Phi) is 11.7. The number of anilines is 2. The zero-order valence-corrected chi connectivity index (χ0v) is 31.4. The molecular weight excluding hydrogens is 744 g/mol. The van der Waals surface area contributed by atoms with Crippen LogP contribution in [0.25, 0.3) is 11.2 Å². The first-order chi connectivity index (χ1) is 27.4. The van der Waals surface area contributed by atoms with Crippen molar-refractivity contribution < 1.29 is 37.0 Å². The summed E-state index contributed by atoms with van der Waals surface area (Å²) in [6, 6.07) is 24.0. The average molecular weight is 789 g/mol. The van der Waals surface area contributed by atoms with E-state index in [1.165, 1.54) is 28.6 Å². The summed E-state index contributed by atoms with van der Waals surface area (Å²) in [5.41, 5.74) is 3.51. The number of ether oxygens (including phenoxy) is 1. The van der Waals surface area contributed by atoms with Crippen LogP contribution in [0.4, 0.5) is 29.3 Å². The van der Waals surface area contributed by atoms with Crippen LogP contribution in [0.15, 0.2) is 91.3 Å². The lowest BCUT2D eigenvalue weighted by atomic mass is 9.91. The number of fused-ring (bicyclic) bond motifs is 1. The number of aromatic nitrogens is 4. The molecule has 1 aliphatic carbocycles. The van der Waals surface area contributed by atoms with Gasteiger partial charge in [-0.25, -0.2) is 14.2 Å². The standard InChI is InChI=1S/C41H44F4N8O4/c1-3-33(54)48-31-20-32(36(35(31)55)57-39(56)41(43,44)45)53-24-47-34-37(46-21-30(26-12-8-5-9-13-26)27-14-16-28(42)17-15-27)49-40(50-38(34)53)51(2)29-18-19-52(23-29)22-25-10-6-4-7-11-25/h4-17,24,29-32,35-36,55H,3,18-23H2,1-2H3,(H,48,54)(H,46,49,50)/t29-,30?,31-,32+,35+,36-/m0/s1. The topological polar surface area (TPSA) is 138 Å². The Balaban J connectivity index is 1.26. The molecule has 5 aromatic rings. The first kappa shape index (κ1) is 39.6. The second-order valence-electron chi connectivity index (χ2n) is 14.6. The number of alkyl halides is 3. The van der Waals surface area contributed by atoms with Crippen LogP contribution in [0.3, 0.4) is 0 Å². The smallest absolute Gasteiger partial charge is 0.451 e. The molecule has 16 heteroatoms. The number of rotatable bonds is 13. The van der Waals surface area contributed by atoms with Gasteiger partial charge in [-0.3, -0.25) is 9.69 Å². The zero-order valence-electron chi connectivity index (χ0n) is 31.4. The van der Waals surface area contributed by atoms with E-state index in [4.69, 9.17) is 14.7 Å². The van der Waals surface area contributed by atoms with E-state index in [1.807, 2.05) is 60.5 Å². The zero-order chi connectivity index (χ0) is 40.3. The van der Waals surface area contributed by atoms with E-state index in [1.54, 1.807) is 19.1 Å². The van der Waals surface area contributed by atoms with Gasteiger partial charge in [-0.05, 0) is 41.7 Å². The number of imidazole rings is 1. The molecule has 57 heavy (non-hydrogen) atoms. The molecule has 1 unspecified atom stereocenters. The van der Waals surface area contributed by atoms with Crippen molar-refractivity contribution >= 4 is 34.8 Å². The predicted octanol–water partition coefficient (Wildman–Crippen LogP) is 5.59. The molecule has 6 atom stereocenters. The molecule has 1 saturated heterocycles. The summed E-state index contributed by atoms with van der Waals surface area (Å²) in [5, 5.41) is 17.3. The lowest BCUT2D eigenvalue weighted by Crippen LogP contribution is -2.45. The van der Waals surface area contributed by atoms with Gasteiger partial charge in [-0.1, -0.05) is 79.7 Å². The number of amides is 1. The molecule has 0 spiro atoms. The third kappa shape index (κ3) is 8.86. The summed E-state index contributed by atoms with van der Waals surface area (Å²) in [4.78, 5) is 43.4.